The zero-order valence-electron chi connectivity index (χ0n) is 14.1. The lowest BCUT2D eigenvalue weighted by molar-refractivity contribution is -0.131. The van der Waals surface area contributed by atoms with Gasteiger partial charge in [-0.1, -0.05) is 18.2 Å². The smallest absolute Gasteiger partial charge is 0.270 e. The molecule has 1 N–H and O–H groups in total. The molecule has 1 aliphatic heterocycles. The van der Waals surface area contributed by atoms with Crippen LogP contribution in [0.4, 0.5) is 0 Å². The normalized spacial score (nSPS) is 15.0. The maximum absolute atomic E-state index is 12.5. The van der Waals surface area contributed by atoms with Gasteiger partial charge in [0.25, 0.3) is 5.91 Å². The quantitative estimate of drug-likeness (QED) is 0.888. The van der Waals surface area contributed by atoms with E-state index in [1.807, 2.05) is 29.2 Å². The van der Waals surface area contributed by atoms with E-state index in [2.05, 4.69) is 10.3 Å². The van der Waals surface area contributed by atoms with Crippen LogP contribution < -0.4 is 10.1 Å². The third-order valence-corrected chi connectivity index (χ3v) is 4.97. The highest BCUT2D eigenvalue weighted by Gasteiger charge is 2.25. The predicted octanol–water partition coefficient (Wildman–Crippen LogP) is 2.12. The molecular formula is C18H21N3O3S. The van der Waals surface area contributed by atoms with Crippen LogP contribution in [-0.2, 0) is 11.2 Å². The number of nitrogens with one attached hydrogen (secondary N) is 1. The van der Waals surface area contributed by atoms with Gasteiger partial charge >= 0.3 is 0 Å². The second kappa shape index (κ2) is 8.11. The first kappa shape index (κ1) is 17.4. The summed E-state index contributed by atoms with van der Waals surface area (Å²) in [5, 5.41) is 4.73. The number of hydrogen-bond acceptors (Lipinski definition) is 5. The minimum Gasteiger partial charge on any atom is -0.496 e. The Hall–Kier alpha value is -2.41. The van der Waals surface area contributed by atoms with E-state index in [1.165, 1.54) is 11.3 Å². The van der Waals surface area contributed by atoms with Crippen LogP contribution in [0.25, 0.3) is 0 Å². The van der Waals surface area contributed by atoms with Crippen molar-refractivity contribution in [3.05, 3.63) is 46.4 Å². The molecule has 0 bridgehead atoms. The second-order valence-corrected chi connectivity index (χ2v) is 6.71. The fourth-order valence-corrected chi connectivity index (χ4v) is 3.51. The number of ether oxygens (including phenoxy) is 1. The number of carbonyl (C=O) groups is 2. The van der Waals surface area contributed by atoms with Crippen molar-refractivity contribution in [2.45, 2.75) is 25.3 Å². The molecule has 3 rings (SSSR count). The highest BCUT2D eigenvalue weighted by Crippen LogP contribution is 2.20. The van der Waals surface area contributed by atoms with Gasteiger partial charge in [0.2, 0.25) is 5.91 Å². The molecule has 6 nitrogen and oxygen atoms in total. The molecule has 7 heteroatoms. The van der Waals surface area contributed by atoms with Gasteiger partial charge in [-0.15, -0.1) is 11.3 Å². The Morgan fingerprint density at radius 1 is 1.32 bits per heavy atom. The van der Waals surface area contributed by atoms with Gasteiger partial charge in [0.05, 0.1) is 19.0 Å². The molecule has 1 aliphatic rings. The van der Waals surface area contributed by atoms with Gasteiger partial charge in [-0.05, 0) is 18.9 Å². The standard InChI is InChI=1S/C18H21N3O3S/c1-24-16-5-3-2-4-13(16)10-17(22)21-8-6-14(7-9-21)20-18(23)15-11-25-12-19-15/h2-5,11-12,14H,6-10H2,1H3,(H,20,23). The number of benzene rings is 1. The van der Waals surface area contributed by atoms with Crippen molar-refractivity contribution in [2.24, 2.45) is 0 Å². The molecule has 25 heavy (non-hydrogen) atoms. The number of para-hydroxylation sites is 1. The van der Waals surface area contributed by atoms with E-state index in [-0.39, 0.29) is 17.9 Å². The first-order valence-electron chi connectivity index (χ1n) is 8.26. The lowest BCUT2D eigenvalue weighted by Crippen LogP contribution is -2.47. The molecule has 132 valence electrons. The minimum absolute atomic E-state index is 0.0875. The van der Waals surface area contributed by atoms with Crippen molar-refractivity contribution in [3.63, 3.8) is 0 Å². The Kier molecular flexibility index (Phi) is 5.65. The molecule has 2 aromatic rings. The Balaban J connectivity index is 1.50. The fraction of sp³-hybridized carbons (Fsp3) is 0.389. The number of thiazole rings is 1. The number of carbonyl (C=O) groups excluding carboxylic acids is 2. The first-order chi connectivity index (χ1) is 12.2. The largest absolute Gasteiger partial charge is 0.496 e. The van der Waals surface area contributed by atoms with Gasteiger partial charge in [-0.3, -0.25) is 9.59 Å². The SMILES string of the molecule is COc1ccccc1CC(=O)N1CCC(NC(=O)c2cscn2)CC1. The summed E-state index contributed by atoms with van der Waals surface area (Å²) in [6, 6.07) is 7.67. The maximum atomic E-state index is 12.5. The summed E-state index contributed by atoms with van der Waals surface area (Å²) < 4.78 is 5.31. The molecule has 0 atom stereocenters. The highest BCUT2D eigenvalue weighted by atomic mass is 32.1. The van der Waals surface area contributed by atoms with Crippen LogP contribution in [0, 0.1) is 0 Å². The fourth-order valence-electron chi connectivity index (χ4n) is 2.98. The van der Waals surface area contributed by atoms with E-state index < -0.39 is 0 Å². The Morgan fingerprint density at radius 2 is 2.08 bits per heavy atom. The Bertz CT molecular complexity index is 725. The average molecular weight is 359 g/mol. The van der Waals surface area contributed by atoms with E-state index in [4.69, 9.17) is 4.74 Å². The zero-order valence-corrected chi connectivity index (χ0v) is 14.9. The summed E-state index contributed by atoms with van der Waals surface area (Å²) in [6.07, 6.45) is 1.85. The summed E-state index contributed by atoms with van der Waals surface area (Å²) in [5.41, 5.74) is 3.00. The molecule has 1 fully saturated rings. The number of amides is 2. The van der Waals surface area contributed by atoms with Crippen LogP contribution in [0.1, 0.15) is 28.9 Å². The lowest BCUT2D eigenvalue weighted by Gasteiger charge is -2.32. The van der Waals surface area contributed by atoms with Crippen molar-refractivity contribution in [3.8, 4) is 5.75 Å². The van der Waals surface area contributed by atoms with Crippen LogP contribution >= 0.6 is 11.3 Å². The van der Waals surface area contributed by atoms with Gasteiger partial charge in [-0.2, -0.15) is 0 Å². The molecule has 1 aromatic heterocycles. The van der Waals surface area contributed by atoms with Crippen molar-refractivity contribution in [1.29, 1.82) is 0 Å². The van der Waals surface area contributed by atoms with Gasteiger partial charge < -0.3 is 15.0 Å². The number of rotatable bonds is 5. The zero-order chi connectivity index (χ0) is 17.6. The van der Waals surface area contributed by atoms with E-state index in [0.717, 1.165) is 24.2 Å². The molecule has 0 radical (unpaired) electrons. The van der Waals surface area contributed by atoms with E-state index in [0.29, 0.717) is 25.2 Å². The van der Waals surface area contributed by atoms with Gasteiger partial charge in [-0.25, -0.2) is 4.98 Å². The summed E-state index contributed by atoms with van der Waals surface area (Å²) in [6.45, 7) is 1.30. The number of piperidine rings is 1. The Labute approximate surface area is 150 Å². The maximum Gasteiger partial charge on any atom is 0.270 e. The summed E-state index contributed by atoms with van der Waals surface area (Å²) >= 11 is 1.40. The van der Waals surface area contributed by atoms with Crippen molar-refractivity contribution >= 4 is 23.2 Å². The topological polar surface area (TPSA) is 71.5 Å². The molecular weight excluding hydrogens is 338 g/mol. The van der Waals surface area contributed by atoms with E-state index in [1.54, 1.807) is 18.0 Å². The summed E-state index contributed by atoms with van der Waals surface area (Å²) in [4.78, 5) is 30.4. The summed E-state index contributed by atoms with van der Waals surface area (Å²) in [5.74, 6) is 0.690. The molecule has 2 heterocycles. The van der Waals surface area contributed by atoms with Crippen molar-refractivity contribution < 1.29 is 14.3 Å². The first-order valence-corrected chi connectivity index (χ1v) is 9.20. The van der Waals surface area contributed by atoms with Crippen LogP contribution in [0.3, 0.4) is 0 Å². The number of hydrogen-bond donors (Lipinski definition) is 1. The van der Waals surface area contributed by atoms with Crippen molar-refractivity contribution in [1.82, 2.24) is 15.2 Å². The molecule has 1 aromatic carbocycles. The van der Waals surface area contributed by atoms with E-state index >= 15 is 0 Å². The number of likely N-dealkylation sites (tertiary alicyclic amines) is 1. The number of nitrogens with zero attached hydrogens (tertiary/aromatic N) is 2. The molecule has 0 spiro atoms. The van der Waals surface area contributed by atoms with Gasteiger partial charge in [0.15, 0.2) is 0 Å². The second-order valence-electron chi connectivity index (χ2n) is 5.99. The predicted molar refractivity (Wildman–Crippen MR) is 95.9 cm³/mol. The highest BCUT2D eigenvalue weighted by molar-refractivity contribution is 7.07. The number of aromatic nitrogens is 1. The third kappa shape index (κ3) is 4.36. The Morgan fingerprint density at radius 3 is 2.76 bits per heavy atom. The van der Waals surface area contributed by atoms with Gasteiger partial charge in [0, 0.05) is 30.1 Å². The van der Waals surface area contributed by atoms with Crippen molar-refractivity contribution in [2.75, 3.05) is 20.2 Å². The van der Waals surface area contributed by atoms with Crippen LogP contribution in [0.15, 0.2) is 35.2 Å². The average Bonchev–Trinajstić information content (AvgIpc) is 3.17. The monoisotopic (exact) mass is 359 g/mol. The van der Waals surface area contributed by atoms with Crippen LogP contribution in [0.2, 0.25) is 0 Å². The molecule has 0 unspecified atom stereocenters. The van der Waals surface area contributed by atoms with Crippen LogP contribution in [0.5, 0.6) is 5.75 Å². The molecule has 0 aliphatic carbocycles. The summed E-state index contributed by atoms with van der Waals surface area (Å²) in [7, 11) is 1.61. The van der Waals surface area contributed by atoms with E-state index in [9.17, 15) is 9.59 Å². The number of methoxy groups -OCH3 is 1. The third-order valence-electron chi connectivity index (χ3n) is 4.38. The molecule has 1 saturated heterocycles. The molecule has 2 amide bonds. The molecule has 0 saturated carbocycles. The van der Waals surface area contributed by atoms with Gasteiger partial charge in [0.1, 0.15) is 11.4 Å². The lowest BCUT2D eigenvalue weighted by atomic mass is 10.0. The minimum atomic E-state index is -0.139. The van der Waals surface area contributed by atoms with Crippen LogP contribution in [-0.4, -0.2) is 47.9 Å².